The third-order valence-corrected chi connectivity index (χ3v) is 7.54. The van der Waals surface area contributed by atoms with Crippen molar-refractivity contribution in [2.24, 2.45) is 5.92 Å². The van der Waals surface area contributed by atoms with Gasteiger partial charge < -0.3 is 14.5 Å². The van der Waals surface area contributed by atoms with E-state index in [0.29, 0.717) is 11.5 Å². The molecule has 1 fully saturated rings. The normalized spacial score (nSPS) is 15.3. The van der Waals surface area contributed by atoms with Crippen LogP contribution in [0.3, 0.4) is 0 Å². The van der Waals surface area contributed by atoms with E-state index in [4.69, 9.17) is 4.74 Å². The van der Waals surface area contributed by atoms with Crippen molar-refractivity contribution in [3.63, 3.8) is 0 Å². The molecule has 0 aliphatic carbocycles. The van der Waals surface area contributed by atoms with Crippen molar-refractivity contribution in [1.29, 1.82) is 0 Å². The minimum Gasteiger partial charge on any atom is -0.486 e. The topological polar surface area (TPSA) is 49.9 Å². The lowest BCUT2D eigenvalue weighted by molar-refractivity contribution is -0.121. The molecule has 0 N–H and O–H groups in total. The minimum absolute atomic E-state index is 0.0198. The van der Waals surface area contributed by atoms with Gasteiger partial charge in [-0.25, -0.2) is 0 Å². The van der Waals surface area contributed by atoms with Crippen LogP contribution in [0.1, 0.15) is 73.5 Å². The first-order chi connectivity index (χ1) is 18.3. The van der Waals surface area contributed by atoms with Crippen LogP contribution in [0.5, 0.6) is 5.75 Å². The summed E-state index contributed by atoms with van der Waals surface area (Å²) in [6.07, 6.45) is 2.99. The standard InChI is InChI=1S/C33H40N2O3/c1-24(2)33(37)34(4)30-14-8-13-29(22-30)26-16-19-35(20-17-26)21-18-32(27-10-6-5-7-11-27)38-31-15-9-12-28(23-31)25(3)36/h5-15,22-24,26,32H,16-21H2,1-4H3/t32-/m1/s1. The van der Waals surface area contributed by atoms with E-state index in [-0.39, 0.29) is 23.7 Å². The lowest BCUT2D eigenvalue weighted by Gasteiger charge is -2.33. The number of ether oxygens (including phenoxy) is 1. The third kappa shape index (κ3) is 7.11. The summed E-state index contributed by atoms with van der Waals surface area (Å²) in [6.45, 7) is 8.49. The van der Waals surface area contributed by atoms with Crippen molar-refractivity contribution in [1.82, 2.24) is 4.90 Å². The fraction of sp³-hybridized carbons (Fsp3) is 0.394. The van der Waals surface area contributed by atoms with Crippen molar-refractivity contribution in [2.45, 2.75) is 52.1 Å². The molecule has 3 aromatic rings. The summed E-state index contributed by atoms with van der Waals surface area (Å²) in [7, 11) is 1.87. The fourth-order valence-electron chi connectivity index (χ4n) is 5.21. The van der Waals surface area contributed by atoms with Gasteiger partial charge in [0.05, 0.1) is 0 Å². The summed E-state index contributed by atoms with van der Waals surface area (Å²) in [5.41, 5.74) is 4.11. The highest BCUT2D eigenvalue weighted by Crippen LogP contribution is 2.32. The molecule has 1 aliphatic heterocycles. The van der Waals surface area contributed by atoms with E-state index in [1.807, 2.05) is 69.4 Å². The predicted octanol–water partition coefficient (Wildman–Crippen LogP) is 6.90. The van der Waals surface area contributed by atoms with Crippen LogP contribution < -0.4 is 9.64 Å². The van der Waals surface area contributed by atoms with Crippen LogP contribution in [-0.2, 0) is 4.79 Å². The average Bonchev–Trinajstić information content (AvgIpc) is 2.95. The Morgan fingerprint density at radius 3 is 2.34 bits per heavy atom. The number of Topliss-reactive ketones (excluding diaryl/α,β-unsaturated/α-hetero) is 1. The maximum absolute atomic E-state index is 12.5. The Balaban J connectivity index is 1.36. The molecule has 0 unspecified atom stereocenters. The van der Waals surface area contributed by atoms with Gasteiger partial charge in [-0.2, -0.15) is 0 Å². The Bertz CT molecular complexity index is 1220. The van der Waals surface area contributed by atoms with Gasteiger partial charge in [0.25, 0.3) is 0 Å². The summed E-state index contributed by atoms with van der Waals surface area (Å²) in [5.74, 6) is 1.39. The van der Waals surface area contributed by atoms with E-state index in [1.165, 1.54) is 5.56 Å². The van der Waals surface area contributed by atoms with Crippen LogP contribution >= 0.6 is 0 Å². The zero-order valence-corrected chi connectivity index (χ0v) is 23.1. The molecule has 0 saturated carbocycles. The molecule has 1 amide bonds. The van der Waals surface area contributed by atoms with Crippen LogP contribution in [0.15, 0.2) is 78.9 Å². The number of rotatable bonds is 10. The van der Waals surface area contributed by atoms with Crippen LogP contribution in [0.2, 0.25) is 0 Å². The quantitative estimate of drug-likeness (QED) is 0.277. The predicted molar refractivity (Wildman–Crippen MR) is 154 cm³/mol. The Hall–Kier alpha value is -3.44. The summed E-state index contributed by atoms with van der Waals surface area (Å²) in [6, 6.07) is 26.3. The van der Waals surface area contributed by atoms with Gasteiger partial charge in [-0.1, -0.05) is 68.4 Å². The van der Waals surface area contributed by atoms with Crippen molar-refractivity contribution in [2.75, 3.05) is 31.6 Å². The molecule has 1 atom stereocenters. The lowest BCUT2D eigenvalue weighted by atomic mass is 9.89. The van der Waals surface area contributed by atoms with Crippen molar-refractivity contribution >= 4 is 17.4 Å². The van der Waals surface area contributed by atoms with Gasteiger partial charge >= 0.3 is 0 Å². The number of carbonyl (C=O) groups excluding carboxylic acids is 2. The molecule has 200 valence electrons. The zero-order valence-electron chi connectivity index (χ0n) is 23.1. The van der Waals surface area contributed by atoms with Gasteiger partial charge in [-0.05, 0) is 74.2 Å². The first-order valence-corrected chi connectivity index (χ1v) is 13.7. The lowest BCUT2D eigenvalue weighted by Crippen LogP contribution is -2.35. The van der Waals surface area contributed by atoms with Crippen LogP contribution in [0.4, 0.5) is 5.69 Å². The molecule has 5 nitrogen and oxygen atoms in total. The van der Waals surface area contributed by atoms with Crippen LogP contribution in [-0.4, -0.2) is 43.3 Å². The number of piperidine rings is 1. The molecule has 1 saturated heterocycles. The fourth-order valence-corrected chi connectivity index (χ4v) is 5.21. The summed E-state index contributed by atoms with van der Waals surface area (Å²) >= 11 is 0. The van der Waals surface area contributed by atoms with Gasteiger partial charge in [0.15, 0.2) is 5.78 Å². The van der Waals surface area contributed by atoms with E-state index in [2.05, 4.69) is 35.2 Å². The van der Waals surface area contributed by atoms with Crippen LogP contribution in [0, 0.1) is 5.92 Å². The largest absolute Gasteiger partial charge is 0.486 e. The van der Waals surface area contributed by atoms with Crippen LogP contribution in [0.25, 0.3) is 0 Å². The molecule has 38 heavy (non-hydrogen) atoms. The molecule has 3 aromatic carbocycles. The number of hydrogen-bond donors (Lipinski definition) is 0. The van der Waals surface area contributed by atoms with Crippen molar-refractivity contribution in [3.05, 3.63) is 95.6 Å². The summed E-state index contributed by atoms with van der Waals surface area (Å²) < 4.78 is 6.43. The molecule has 1 aliphatic rings. The smallest absolute Gasteiger partial charge is 0.229 e. The Morgan fingerprint density at radius 2 is 1.66 bits per heavy atom. The summed E-state index contributed by atoms with van der Waals surface area (Å²) in [4.78, 5) is 28.6. The first-order valence-electron chi connectivity index (χ1n) is 13.7. The number of nitrogens with zero attached hydrogens (tertiary/aromatic N) is 2. The Labute approximate surface area is 227 Å². The number of ketones is 1. The monoisotopic (exact) mass is 512 g/mol. The average molecular weight is 513 g/mol. The van der Waals surface area contributed by atoms with Gasteiger partial charge in [0.2, 0.25) is 5.91 Å². The first kappa shape index (κ1) is 27.6. The molecule has 0 bridgehead atoms. The number of anilines is 1. The second kappa shape index (κ2) is 12.9. The third-order valence-electron chi connectivity index (χ3n) is 7.54. The molecule has 0 radical (unpaired) electrons. The number of carbonyl (C=O) groups is 2. The summed E-state index contributed by atoms with van der Waals surface area (Å²) in [5, 5.41) is 0. The molecule has 0 aromatic heterocycles. The molecular weight excluding hydrogens is 472 g/mol. The minimum atomic E-state index is -0.0816. The maximum Gasteiger partial charge on any atom is 0.229 e. The number of benzene rings is 3. The number of hydrogen-bond acceptors (Lipinski definition) is 4. The highest BCUT2D eigenvalue weighted by atomic mass is 16.5. The van der Waals surface area contributed by atoms with Gasteiger partial charge in [0, 0.05) is 37.2 Å². The molecule has 1 heterocycles. The van der Waals surface area contributed by atoms with Gasteiger partial charge in [-0.15, -0.1) is 0 Å². The number of likely N-dealkylation sites (tertiary alicyclic amines) is 1. The molecule has 4 rings (SSSR count). The van der Waals surface area contributed by atoms with E-state index in [1.54, 1.807) is 11.8 Å². The van der Waals surface area contributed by atoms with Gasteiger partial charge in [0.1, 0.15) is 11.9 Å². The van der Waals surface area contributed by atoms with Crippen molar-refractivity contribution in [3.8, 4) is 5.75 Å². The SMILES string of the molecule is CC(=O)c1cccc(O[C@H](CCN2CCC(c3cccc(N(C)C(=O)C(C)C)c3)CC2)c2ccccc2)c1. The van der Waals surface area contributed by atoms with E-state index in [0.717, 1.165) is 55.9 Å². The van der Waals surface area contributed by atoms with Crippen molar-refractivity contribution < 1.29 is 14.3 Å². The number of amides is 1. The highest BCUT2D eigenvalue weighted by Gasteiger charge is 2.23. The van der Waals surface area contributed by atoms with E-state index >= 15 is 0 Å². The second-order valence-corrected chi connectivity index (χ2v) is 10.7. The van der Waals surface area contributed by atoms with Gasteiger partial charge in [-0.3, -0.25) is 9.59 Å². The second-order valence-electron chi connectivity index (χ2n) is 10.7. The molecule has 0 spiro atoms. The maximum atomic E-state index is 12.5. The zero-order chi connectivity index (χ0) is 27.1. The molecule has 5 heteroatoms. The van der Waals surface area contributed by atoms with E-state index < -0.39 is 0 Å². The van der Waals surface area contributed by atoms with E-state index in [9.17, 15) is 9.59 Å². The molecular formula is C33H40N2O3. The Morgan fingerprint density at radius 1 is 0.947 bits per heavy atom. The Kier molecular flexibility index (Phi) is 9.35. The highest BCUT2D eigenvalue weighted by molar-refractivity contribution is 5.94.